The van der Waals surface area contributed by atoms with E-state index < -0.39 is 0 Å². The first-order valence-corrected chi connectivity index (χ1v) is 6.78. The van der Waals surface area contributed by atoms with Gasteiger partial charge >= 0.3 is 0 Å². The largest absolute Gasteiger partial charge is 0.353 e. The van der Waals surface area contributed by atoms with Gasteiger partial charge in [-0.1, -0.05) is 52.6 Å². The molecule has 0 heterocycles. The lowest BCUT2D eigenvalue weighted by Crippen LogP contribution is -2.45. The van der Waals surface area contributed by atoms with E-state index >= 15 is 0 Å². The van der Waals surface area contributed by atoms with E-state index in [0.29, 0.717) is 0 Å². The van der Waals surface area contributed by atoms with Crippen LogP contribution in [-0.4, -0.2) is 15.2 Å². The SMILES string of the molecule is C[C@H](NC(=O)[C@]1(C)CC1(Br)Br)C(C)(C)C. The lowest BCUT2D eigenvalue weighted by molar-refractivity contribution is -0.127. The first-order valence-electron chi connectivity index (χ1n) is 5.19. The summed E-state index contributed by atoms with van der Waals surface area (Å²) >= 11 is 7.01. The van der Waals surface area contributed by atoms with Gasteiger partial charge in [0.2, 0.25) is 5.91 Å². The van der Waals surface area contributed by atoms with Crippen molar-refractivity contribution >= 4 is 37.8 Å². The van der Waals surface area contributed by atoms with E-state index in [1.165, 1.54) is 0 Å². The molecule has 1 fully saturated rings. The molecule has 2 nitrogen and oxygen atoms in total. The van der Waals surface area contributed by atoms with Gasteiger partial charge in [0.15, 0.2) is 0 Å². The number of carbonyl (C=O) groups is 1. The Bertz CT molecular complexity index is 283. The standard InChI is InChI=1S/C11H19Br2NO/c1-7(9(2,3)4)14-8(15)10(5)6-11(10,12)13/h7H,6H2,1-5H3,(H,14,15)/t7-,10-/m0/s1. The van der Waals surface area contributed by atoms with Gasteiger partial charge in [-0.3, -0.25) is 4.79 Å². The summed E-state index contributed by atoms with van der Waals surface area (Å²) in [6.45, 7) is 10.4. The van der Waals surface area contributed by atoms with Crippen molar-refractivity contribution in [3.8, 4) is 0 Å². The molecule has 0 unspecified atom stereocenters. The Labute approximate surface area is 109 Å². The summed E-state index contributed by atoms with van der Waals surface area (Å²) < 4.78 is -0.200. The molecule has 1 amide bonds. The Hall–Kier alpha value is 0.430. The van der Waals surface area contributed by atoms with Crippen molar-refractivity contribution in [2.45, 2.75) is 50.3 Å². The maximum absolute atomic E-state index is 12.0. The van der Waals surface area contributed by atoms with Crippen molar-refractivity contribution in [3.05, 3.63) is 0 Å². The highest BCUT2D eigenvalue weighted by Crippen LogP contribution is 2.66. The van der Waals surface area contributed by atoms with Gasteiger partial charge in [-0.2, -0.15) is 0 Å². The Morgan fingerprint density at radius 1 is 1.40 bits per heavy atom. The fraction of sp³-hybridized carbons (Fsp3) is 0.909. The number of hydrogen-bond donors (Lipinski definition) is 1. The molecule has 1 rings (SSSR count). The molecule has 0 radical (unpaired) electrons. The maximum atomic E-state index is 12.0. The van der Waals surface area contributed by atoms with Gasteiger partial charge in [-0.05, 0) is 25.7 Å². The van der Waals surface area contributed by atoms with E-state index in [1.807, 2.05) is 13.8 Å². The number of hydrogen-bond acceptors (Lipinski definition) is 1. The number of rotatable bonds is 2. The second-order valence-electron chi connectivity index (χ2n) is 5.77. The van der Waals surface area contributed by atoms with Crippen molar-refractivity contribution < 1.29 is 4.79 Å². The number of nitrogens with one attached hydrogen (secondary N) is 1. The van der Waals surface area contributed by atoms with Gasteiger partial charge < -0.3 is 5.32 Å². The predicted octanol–water partition coefficient (Wildman–Crippen LogP) is 3.43. The zero-order valence-corrected chi connectivity index (χ0v) is 13.1. The normalized spacial score (nSPS) is 30.9. The van der Waals surface area contributed by atoms with E-state index in [2.05, 4.69) is 57.9 Å². The molecule has 88 valence electrons. The number of carbonyl (C=O) groups excluding carboxylic acids is 1. The zero-order valence-electron chi connectivity index (χ0n) is 9.95. The zero-order chi connectivity index (χ0) is 12.1. The molecular weight excluding hydrogens is 322 g/mol. The molecule has 1 aliphatic rings. The van der Waals surface area contributed by atoms with Gasteiger partial charge in [0, 0.05) is 6.04 Å². The van der Waals surface area contributed by atoms with Crippen LogP contribution in [0.3, 0.4) is 0 Å². The van der Waals surface area contributed by atoms with Crippen LogP contribution in [0.2, 0.25) is 0 Å². The molecule has 0 aromatic carbocycles. The highest BCUT2D eigenvalue weighted by Gasteiger charge is 2.66. The minimum atomic E-state index is -0.313. The quantitative estimate of drug-likeness (QED) is 0.766. The number of halogens is 2. The summed E-state index contributed by atoms with van der Waals surface area (Å²) in [7, 11) is 0. The van der Waals surface area contributed by atoms with Gasteiger partial charge in [-0.25, -0.2) is 0 Å². The van der Waals surface area contributed by atoms with E-state index in [1.54, 1.807) is 0 Å². The molecular formula is C11H19Br2NO. The number of amides is 1. The first-order chi connectivity index (χ1) is 6.51. The minimum Gasteiger partial charge on any atom is -0.353 e. The van der Waals surface area contributed by atoms with Crippen molar-refractivity contribution in [3.63, 3.8) is 0 Å². The Kier molecular flexibility index (Phi) is 3.35. The van der Waals surface area contributed by atoms with E-state index in [4.69, 9.17) is 0 Å². The first kappa shape index (κ1) is 13.5. The van der Waals surface area contributed by atoms with Gasteiger partial charge in [0.1, 0.15) is 0 Å². The highest BCUT2D eigenvalue weighted by atomic mass is 79.9. The van der Waals surface area contributed by atoms with Crippen LogP contribution in [0.4, 0.5) is 0 Å². The Balaban J connectivity index is 2.59. The third-order valence-electron chi connectivity index (χ3n) is 3.41. The van der Waals surface area contributed by atoms with Crippen molar-refractivity contribution in [1.82, 2.24) is 5.32 Å². The minimum absolute atomic E-state index is 0.0994. The number of alkyl halides is 2. The average Bonchev–Trinajstić information content (AvgIpc) is 2.50. The van der Waals surface area contributed by atoms with E-state index in [-0.39, 0.29) is 26.0 Å². The van der Waals surface area contributed by atoms with Crippen LogP contribution in [0.1, 0.15) is 41.0 Å². The molecule has 2 atom stereocenters. The van der Waals surface area contributed by atoms with E-state index in [9.17, 15) is 4.79 Å². The molecule has 1 saturated carbocycles. The lowest BCUT2D eigenvalue weighted by Gasteiger charge is -2.29. The molecule has 0 saturated heterocycles. The topological polar surface area (TPSA) is 29.1 Å². The average molecular weight is 341 g/mol. The Morgan fingerprint density at radius 3 is 2.07 bits per heavy atom. The third kappa shape index (κ3) is 2.57. The molecule has 4 heteroatoms. The molecule has 0 aromatic heterocycles. The second kappa shape index (κ2) is 3.73. The predicted molar refractivity (Wildman–Crippen MR) is 70.4 cm³/mol. The van der Waals surface area contributed by atoms with Crippen molar-refractivity contribution in [2.24, 2.45) is 10.8 Å². The third-order valence-corrected chi connectivity index (χ3v) is 5.72. The Morgan fingerprint density at radius 2 is 1.80 bits per heavy atom. The van der Waals surface area contributed by atoms with Crippen LogP contribution < -0.4 is 5.32 Å². The lowest BCUT2D eigenvalue weighted by atomic mass is 9.87. The smallest absolute Gasteiger partial charge is 0.228 e. The van der Waals surface area contributed by atoms with Crippen LogP contribution in [-0.2, 0) is 4.79 Å². The van der Waals surface area contributed by atoms with Crippen molar-refractivity contribution in [2.75, 3.05) is 0 Å². The van der Waals surface area contributed by atoms with E-state index in [0.717, 1.165) is 6.42 Å². The van der Waals surface area contributed by atoms with Gasteiger partial charge in [0.25, 0.3) is 0 Å². The second-order valence-corrected chi connectivity index (χ2v) is 9.55. The summed E-state index contributed by atoms with van der Waals surface area (Å²) in [5.74, 6) is 0.124. The molecule has 1 N–H and O–H groups in total. The summed E-state index contributed by atoms with van der Waals surface area (Å²) in [5, 5.41) is 3.08. The van der Waals surface area contributed by atoms with Crippen LogP contribution in [0.25, 0.3) is 0 Å². The van der Waals surface area contributed by atoms with Gasteiger partial charge in [0.05, 0.1) is 8.65 Å². The van der Waals surface area contributed by atoms with Crippen LogP contribution in [0.15, 0.2) is 0 Å². The summed E-state index contributed by atoms with van der Waals surface area (Å²) in [6, 6.07) is 0.179. The molecule has 1 aliphatic carbocycles. The van der Waals surface area contributed by atoms with Gasteiger partial charge in [-0.15, -0.1) is 0 Å². The molecule has 15 heavy (non-hydrogen) atoms. The fourth-order valence-electron chi connectivity index (χ4n) is 1.22. The molecule has 0 spiro atoms. The molecule has 0 aromatic rings. The molecule has 0 aliphatic heterocycles. The summed E-state index contributed by atoms with van der Waals surface area (Å²) in [6.07, 6.45) is 0.836. The van der Waals surface area contributed by atoms with Crippen molar-refractivity contribution in [1.29, 1.82) is 0 Å². The highest BCUT2D eigenvalue weighted by molar-refractivity contribution is 9.25. The summed E-state index contributed by atoms with van der Waals surface area (Å²) in [4.78, 5) is 12.0. The molecule has 0 bridgehead atoms. The maximum Gasteiger partial charge on any atom is 0.228 e. The van der Waals surface area contributed by atoms with Crippen LogP contribution in [0.5, 0.6) is 0 Å². The van der Waals surface area contributed by atoms with Crippen LogP contribution >= 0.6 is 31.9 Å². The fourth-order valence-corrected chi connectivity index (χ4v) is 2.70. The van der Waals surface area contributed by atoms with Crippen LogP contribution in [0, 0.1) is 10.8 Å². The summed E-state index contributed by atoms with van der Waals surface area (Å²) in [5.41, 5.74) is -0.214. The monoisotopic (exact) mass is 339 g/mol.